The number of furan rings is 1. The molecule has 26 heavy (non-hydrogen) atoms. The molecule has 0 atom stereocenters. The van der Waals surface area contributed by atoms with Crippen LogP contribution in [-0.2, 0) is 11.3 Å². The van der Waals surface area contributed by atoms with Crippen LogP contribution in [0, 0.1) is 6.92 Å². The minimum atomic E-state index is -0.175. The van der Waals surface area contributed by atoms with Gasteiger partial charge in [0.05, 0.1) is 4.91 Å². The fourth-order valence-corrected chi connectivity index (χ4v) is 4.08. The number of amides is 1. The second-order valence-corrected chi connectivity index (χ2v) is 7.52. The van der Waals surface area contributed by atoms with Gasteiger partial charge in [-0.1, -0.05) is 30.3 Å². The van der Waals surface area contributed by atoms with Crippen molar-refractivity contribution >= 4 is 28.9 Å². The molecule has 1 amide bonds. The number of piperazine rings is 1. The molecule has 2 aliphatic heterocycles. The summed E-state index contributed by atoms with van der Waals surface area (Å²) in [4.78, 5) is 21.7. The Bertz CT molecular complexity index is 849. The third kappa shape index (κ3) is 3.92. The highest BCUT2D eigenvalue weighted by atomic mass is 32.2. The molecule has 0 aliphatic carbocycles. The Morgan fingerprint density at radius 3 is 2.58 bits per heavy atom. The fraction of sp³-hybridized carbons (Fsp3) is 0.300. The maximum atomic E-state index is 12.2. The number of benzene rings is 1. The monoisotopic (exact) mass is 367 g/mol. The van der Waals surface area contributed by atoms with Crippen LogP contribution >= 0.6 is 11.8 Å². The summed E-state index contributed by atoms with van der Waals surface area (Å²) in [5, 5.41) is 0.809. The predicted molar refractivity (Wildman–Crippen MR) is 105 cm³/mol. The smallest absolute Gasteiger partial charge is 0.286 e. The number of hydrogen-bond acceptors (Lipinski definition) is 5. The molecule has 2 aliphatic rings. The normalized spacial score (nSPS) is 20.0. The lowest BCUT2D eigenvalue weighted by molar-refractivity contribution is -0.113. The lowest BCUT2D eigenvalue weighted by Gasteiger charge is -2.35. The first-order valence-electron chi connectivity index (χ1n) is 8.77. The van der Waals surface area contributed by atoms with Crippen molar-refractivity contribution in [3.8, 4) is 0 Å². The number of nitrogens with zero attached hydrogens (tertiary/aromatic N) is 3. The fourth-order valence-electron chi connectivity index (χ4n) is 3.13. The molecule has 4 rings (SSSR count). The van der Waals surface area contributed by atoms with Crippen LogP contribution in [0.5, 0.6) is 0 Å². The molecule has 1 saturated heterocycles. The number of thioether (sulfide) groups is 1. The summed E-state index contributed by atoms with van der Waals surface area (Å²) in [5.41, 5.74) is 1.34. The Balaban J connectivity index is 1.34. The molecule has 0 spiro atoms. The second kappa shape index (κ2) is 7.51. The molecule has 1 fully saturated rings. The molecule has 0 saturated carbocycles. The van der Waals surface area contributed by atoms with Crippen LogP contribution in [0.2, 0.25) is 0 Å². The van der Waals surface area contributed by atoms with Gasteiger partial charge in [0.2, 0.25) is 0 Å². The van der Waals surface area contributed by atoms with Crippen molar-refractivity contribution in [2.75, 3.05) is 26.2 Å². The van der Waals surface area contributed by atoms with E-state index in [9.17, 15) is 4.79 Å². The summed E-state index contributed by atoms with van der Waals surface area (Å²) in [6, 6.07) is 14.3. The van der Waals surface area contributed by atoms with Crippen LogP contribution in [0.15, 0.2) is 56.8 Å². The zero-order valence-corrected chi connectivity index (χ0v) is 15.5. The average Bonchev–Trinajstić information content (AvgIpc) is 3.23. The van der Waals surface area contributed by atoms with E-state index in [1.165, 1.54) is 17.3 Å². The number of hydrogen-bond donors (Lipinski definition) is 0. The molecular formula is C20H21N3O2S. The molecule has 1 aromatic heterocycles. The van der Waals surface area contributed by atoms with Crippen molar-refractivity contribution in [3.63, 3.8) is 0 Å². The van der Waals surface area contributed by atoms with Gasteiger partial charge in [-0.15, -0.1) is 0 Å². The molecule has 6 heteroatoms. The van der Waals surface area contributed by atoms with E-state index in [0.29, 0.717) is 10.7 Å². The van der Waals surface area contributed by atoms with E-state index in [0.717, 1.165) is 43.7 Å². The zero-order chi connectivity index (χ0) is 17.9. The maximum Gasteiger partial charge on any atom is 0.286 e. The van der Waals surface area contributed by atoms with E-state index in [1.807, 2.05) is 25.1 Å². The van der Waals surface area contributed by atoms with Gasteiger partial charge in [0.25, 0.3) is 5.91 Å². The van der Waals surface area contributed by atoms with Gasteiger partial charge >= 0.3 is 0 Å². The number of carbonyl (C=O) groups excluding carboxylic acids is 1. The average molecular weight is 367 g/mol. The molecule has 0 radical (unpaired) electrons. The summed E-state index contributed by atoms with van der Waals surface area (Å²) in [7, 11) is 0. The molecule has 2 aromatic rings. The van der Waals surface area contributed by atoms with E-state index >= 15 is 0 Å². The van der Waals surface area contributed by atoms with Crippen molar-refractivity contribution in [3.05, 3.63) is 64.5 Å². The summed E-state index contributed by atoms with van der Waals surface area (Å²) < 4.78 is 5.53. The van der Waals surface area contributed by atoms with Crippen LogP contribution in [0.3, 0.4) is 0 Å². The van der Waals surface area contributed by atoms with Gasteiger partial charge in [-0.2, -0.15) is 4.99 Å². The summed E-state index contributed by atoms with van der Waals surface area (Å²) in [6.45, 7) is 6.58. The van der Waals surface area contributed by atoms with Crippen molar-refractivity contribution in [2.45, 2.75) is 13.5 Å². The highest BCUT2D eigenvalue weighted by molar-refractivity contribution is 8.18. The SMILES string of the molecule is Cc1ccc(/C=C2/SC(N3CCN(Cc4ccccc4)CC3)=NC2=O)o1. The van der Waals surface area contributed by atoms with Crippen LogP contribution < -0.4 is 0 Å². The Labute approximate surface area is 157 Å². The van der Waals surface area contributed by atoms with E-state index in [1.54, 1.807) is 6.08 Å². The lowest BCUT2D eigenvalue weighted by Crippen LogP contribution is -2.47. The lowest BCUT2D eigenvalue weighted by atomic mass is 10.2. The summed E-state index contributed by atoms with van der Waals surface area (Å²) in [6.07, 6.45) is 1.78. The van der Waals surface area contributed by atoms with Crippen molar-refractivity contribution in [2.24, 2.45) is 4.99 Å². The van der Waals surface area contributed by atoms with E-state index in [2.05, 4.69) is 39.1 Å². The molecule has 3 heterocycles. The van der Waals surface area contributed by atoms with Crippen molar-refractivity contribution in [1.82, 2.24) is 9.80 Å². The maximum absolute atomic E-state index is 12.2. The van der Waals surface area contributed by atoms with E-state index in [4.69, 9.17) is 4.42 Å². The molecular weight excluding hydrogens is 346 g/mol. The highest BCUT2D eigenvalue weighted by Gasteiger charge is 2.28. The number of aliphatic imine (C=N–C) groups is 1. The van der Waals surface area contributed by atoms with Gasteiger partial charge in [-0.05, 0) is 36.4 Å². The Kier molecular flexibility index (Phi) is 4.95. The Morgan fingerprint density at radius 1 is 1.12 bits per heavy atom. The van der Waals surface area contributed by atoms with Gasteiger partial charge in [0, 0.05) is 38.8 Å². The van der Waals surface area contributed by atoms with Gasteiger partial charge < -0.3 is 9.32 Å². The highest BCUT2D eigenvalue weighted by Crippen LogP contribution is 2.31. The van der Waals surface area contributed by atoms with Gasteiger partial charge in [-0.25, -0.2) is 0 Å². The second-order valence-electron chi connectivity index (χ2n) is 6.51. The van der Waals surface area contributed by atoms with E-state index in [-0.39, 0.29) is 5.91 Å². The first-order chi connectivity index (χ1) is 12.7. The Hall–Kier alpha value is -2.31. The topological polar surface area (TPSA) is 49.0 Å². The molecule has 5 nitrogen and oxygen atoms in total. The minimum Gasteiger partial charge on any atom is -0.462 e. The standard InChI is InChI=1S/C20H21N3O2S/c1-15-7-8-17(25-15)13-18-19(24)21-20(26-18)23-11-9-22(10-12-23)14-16-5-3-2-4-6-16/h2-8,13H,9-12,14H2,1H3/b18-13+. The quantitative estimate of drug-likeness (QED) is 0.779. The number of amidine groups is 1. The number of rotatable bonds is 3. The Morgan fingerprint density at radius 2 is 1.88 bits per heavy atom. The summed E-state index contributed by atoms with van der Waals surface area (Å²) >= 11 is 1.44. The minimum absolute atomic E-state index is 0.175. The first-order valence-corrected chi connectivity index (χ1v) is 9.59. The number of aryl methyl sites for hydroxylation is 1. The summed E-state index contributed by atoms with van der Waals surface area (Å²) in [5.74, 6) is 1.36. The largest absolute Gasteiger partial charge is 0.462 e. The van der Waals surface area contributed by atoms with Gasteiger partial charge in [-0.3, -0.25) is 9.69 Å². The van der Waals surface area contributed by atoms with Crippen molar-refractivity contribution in [1.29, 1.82) is 0 Å². The van der Waals surface area contributed by atoms with E-state index < -0.39 is 0 Å². The van der Waals surface area contributed by atoms with Crippen LogP contribution in [0.1, 0.15) is 17.1 Å². The molecule has 1 aromatic carbocycles. The molecule has 0 bridgehead atoms. The third-order valence-electron chi connectivity index (χ3n) is 4.54. The van der Waals surface area contributed by atoms with Gasteiger partial charge in [0.1, 0.15) is 11.5 Å². The van der Waals surface area contributed by atoms with Crippen LogP contribution in [-0.4, -0.2) is 47.1 Å². The third-order valence-corrected chi connectivity index (χ3v) is 5.58. The predicted octanol–water partition coefficient (Wildman–Crippen LogP) is 3.38. The van der Waals surface area contributed by atoms with Gasteiger partial charge in [0.15, 0.2) is 5.17 Å². The number of carbonyl (C=O) groups is 1. The zero-order valence-electron chi connectivity index (χ0n) is 14.7. The molecule has 134 valence electrons. The molecule has 0 N–H and O–H groups in total. The first kappa shape index (κ1) is 17.1. The molecule has 0 unspecified atom stereocenters. The van der Waals surface area contributed by atoms with Crippen LogP contribution in [0.25, 0.3) is 6.08 Å². The van der Waals surface area contributed by atoms with Crippen LogP contribution in [0.4, 0.5) is 0 Å². The van der Waals surface area contributed by atoms with Crippen molar-refractivity contribution < 1.29 is 9.21 Å².